The van der Waals surface area contributed by atoms with Gasteiger partial charge in [0.2, 0.25) is 0 Å². The zero-order valence-corrected chi connectivity index (χ0v) is 11.4. The molecule has 1 amide bonds. The van der Waals surface area contributed by atoms with E-state index in [0.717, 1.165) is 16.0 Å². The second kappa shape index (κ2) is 4.86. The first-order valence-corrected chi connectivity index (χ1v) is 6.94. The van der Waals surface area contributed by atoms with Gasteiger partial charge < -0.3 is 4.90 Å². The molecule has 0 saturated heterocycles. The van der Waals surface area contributed by atoms with Crippen LogP contribution in [0.2, 0.25) is 0 Å². The summed E-state index contributed by atoms with van der Waals surface area (Å²) in [5.41, 5.74) is 0.914. The summed E-state index contributed by atoms with van der Waals surface area (Å²) in [5, 5.41) is 4.25. The molecule has 0 spiro atoms. The van der Waals surface area contributed by atoms with E-state index in [4.69, 9.17) is 0 Å². The van der Waals surface area contributed by atoms with Crippen LogP contribution in [-0.2, 0) is 0 Å². The molecule has 1 aromatic heterocycles. The Morgan fingerprint density at radius 1 is 1.00 bits per heavy atom. The Labute approximate surface area is 115 Å². The Morgan fingerprint density at radius 2 is 1.79 bits per heavy atom. The van der Waals surface area contributed by atoms with Crippen LogP contribution in [-0.4, -0.2) is 13.0 Å². The van der Waals surface area contributed by atoms with Crippen LogP contribution in [0.5, 0.6) is 0 Å². The molecule has 0 unspecified atom stereocenters. The van der Waals surface area contributed by atoms with Crippen molar-refractivity contribution in [3.05, 3.63) is 64.9 Å². The number of carbonyl (C=O) groups excluding carboxylic acids is 1. The minimum Gasteiger partial charge on any atom is -0.311 e. The fraction of sp³-hybridized carbons (Fsp3) is 0.0625. The number of thiophene rings is 1. The summed E-state index contributed by atoms with van der Waals surface area (Å²) in [6.07, 6.45) is 0. The van der Waals surface area contributed by atoms with Gasteiger partial charge in [0, 0.05) is 12.7 Å². The number of benzene rings is 2. The molecule has 19 heavy (non-hydrogen) atoms. The van der Waals surface area contributed by atoms with Gasteiger partial charge in [-0.3, -0.25) is 4.79 Å². The molecule has 94 valence electrons. The summed E-state index contributed by atoms with van der Waals surface area (Å²) in [7, 11) is 1.81. The first kappa shape index (κ1) is 11.9. The summed E-state index contributed by atoms with van der Waals surface area (Å²) in [6.45, 7) is 0. The van der Waals surface area contributed by atoms with Gasteiger partial charge in [-0.05, 0) is 34.4 Å². The second-order valence-electron chi connectivity index (χ2n) is 4.37. The zero-order chi connectivity index (χ0) is 13.2. The van der Waals surface area contributed by atoms with Gasteiger partial charge in [0.05, 0.1) is 4.88 Å². The van der Waals surface area contributed by atoms with Gasteiger partial charge in [-0.2, -0.15) is 0 Å². The molecule has 3 heteroatoms. The lowest BCUT2D eigenvalue weighted by Gasteiger charge is -2.17. The van der Waals surface area contributed by atoms with Crippen LogP contribution in [0.3, 0.4) is 0 Å². The minimum atomic E-state index is 0.0327. The monoisotopic (exact) mass is 267 g/mol. The molecule has 3 rings (SSSR count). The highest BCUT2D eigenvalue weighted by molar-refractivity contribution is 7.12. The molecular weight excluding hydrogens is 254 g/mol. The molecule has 2 nitrogen and oxygen atoms in total. The number of fused-ring (bicyclic) bond motifs is 1. The Kier molecular flexibility index (Phi) is 3.05. The summed E-state index contributed by atoms with van der Waals surface area (Å²) < 4.78 is 0. The number of nitrogens with zero attached hydrogens (tertiary/aromatic N) is 1. The average Bonchev–Trinajstić information content (AvgIpc) is 2.99. The van der Waals surface area contributed by atoms with Crippen molar-refractivity contribution in [1.29, 1.82) is 0 Å². The van der Waals surface area contributed by atoms with E-state index in [1.807, 2.05) is 54.9 Å². The highest BCUT2D eigenvalue weighted by Crippen LogP contribution is 2.23. The molecule has 0 aliphatic rings. The summed E-state index contributed by atoms with van der Waals surface area (Å²) in [5.74, 6) is 0.0327. The van der Waals surface area contributed by atoms with E-state index in [2.05, 4.69) is 12.1 Å². The molecule has 0 aliphatic heterocycles. The van der Waals surface area contributed by atoms with E-state index in [1.165, 1.54) is 16.7 Å². The lowest BCUT2D eigenvalue weighted by atomic mass is 10.1. The van der Waals surface area contributed by atoms with Gasteiger partial charge >= 0.3 is 0 Å². The Balaban J connectivity index is 1.97. The van der Waals surface area contributed by atoms with E-state index in [0.29, 0.717) is 0 Å². The minimum absolute atomic E-state index is 0.0327. The largest absolute Gasteiger partial charge is 0.311 e. The maximum Gasteiger partial charge on any atom is 0.268 e. The Bertz CT molecular complexity index is 718. The maximum atomic E-state index is 12.3. The van der Waals surface area contributed by atoms with Crippen LogP contribution in [0.4, 0.5) is 5.69 Å². The third kappa shape index (κ3) is 2.25. The van der Waals surface area contributed by atoms with Crippen molar-refractivity contribution in [2.75, 3.05) is 11.9 Å². The molecule has 0 atom stereocenters. The number of anilines is 1. The fourth-order valence-electron chi connectivity index (χ4n) is 2.07. The number of hydrogen-bond acceptors (Lipinski definition) is 2. The van der Waals surface area contributed by atoms with E-state index in [1.54, 1.807) is 4.90 Å². The van der Waals surface area contributed by atoms with Crippen molar-refractivity contribution in [2.45, 2.75) is 0 Å². The average molecular weight is 267 g/mol. The second-order valence-corrected chi connectivity index (χ2v) is 5.32. The van der Waals surface area contributed by atoms with Gasteiger partial charge in [0.15, 0.2) is 0 Å². The molecule has 0 fully saturated rings. The number of hydrogen-bond donors (Lipinski definition) is 0. The van der Waals surface area contributed by atoms with E-state index in [9.17, 15) is 4.79 Å². The van der Waals surface area contributed by atoms with Gasteiger partial charge in [-0.15, -0.1) is 11.3 Å². The van der Waals surface area contributed by atoms with Crippen molar-refractivity contribution in [3.63, 3.8) is 0 Å². The van der Waals surface area contributed by atoms with Gasteiger partial charge in [0.1, 0.15) is 0 Å². The molecule has 0 N–H and O–H groups in total. The van der Waals surface area contributed by atoms with Crippen molar-refractivity contribution >= 4 is 33.7 Å². The van der Waals surface area contributed by atoms with Crippen LogP contribution in [0, 0.1) is 0 Å². The zero-order valence-electron chi connectivity index (χ0n) is 10.5. The molecule has 0 bridgehead atoms. The quantitative estimate of drug-likeness (QED) is 0.682. The van der Waals surface area contributed by atoms with Gasteiger partial charge in [-0.1, -0.05) is 36.4 Å². The Hall–Kier alpha value is -2.13. The van der Waals surface area contributed by atoms with Gasteiger partial charge in [-0.25, -0.2) is 0 Å². The van der Waals surface area contributed by atoms with E-state index < -0.39 is 0 Å². The van der Waals surface area contributed by atoms with Crippen LogP contribution in [0.15, 0.2) is 60.0 Å². The van der Waals surface area contributed by atoms with Crippen LogP contribution < -0.4 is 4.90 Å². The molecule has 1 heterocycles. The topological polar surface area (TPSA) is 20.3 Å². The molecule has 2 aromatic carbocycles. The predicted molar refractivity (Wildman–Crippen MR) is 81.0 cm³/mol. The van der Waals surface area contributed by atoms with Crippen molar-refractivity contribution in [2.24, 2.45) is 0 Å². The number of rotatable bonds is 2. The highest BCUT2D eigenvalue weighted by Gasteiger charge is 2.14. The predicted octanol–water partition coefficient (Wildman–Crippen LogP) is 4.18. The SMILES string of the molecule is CN(C(=O)c1cccs1)c1ccc2ccccc2c1. The van der Waals surface area contributed by atoms with Crippen molar-refractivity contribution < 1.29 is 4.79 Å². The molecule has 3 aromatic rings. The molecular formula is C16H13NOS. The maximum absolute atomic E-state index is 12.3. The smallest absolute Gasteiger partial charge is 0.268 e. The highest BCUT2D eigenvalue weighted by atomic mass is 32.1. The lowest BCUT2D eigenvalue weighted by molar-refractivity contribution is 0.0997. The van der Waals surface area contributed by atoms with Crippen LogP contribution in [0.25, 0.3) is 10.8 Å². The number of carbonyl (C=O) groups is 1. The first-order valence-electron chi connectivity index (χ1n) is 6.06. The summed E-state index contributed by atoms with van der Waals surface area (Å²) >= 11 is 1.47. The first-order chi connectivity index (χ1) is 9.25. The summed E-state index contributed by atoms with van der Waals surface area (Å²) in [6, 6.07) is 18.0. The standard InChI is InChI=1S/C16H13NOS/c1-17(16(18)15-7-4-10-19-15)14-9-8-12-5-2-3-6-13(12)11-14/h2-11H,1H3. The third-order valence-electron chi connectivity index (χ3n) is 3.16. The third-order valence-corrected chi connectivity index (χ3v) is 4.01. The van der Waals surface area contributed by atoms with Crippen LogP contribution >= 0.6 is 11.3 Å². The van der Waals surface area contributed by atoms with E-state index >= 15 is 0 Å². The lowest BCUT2D eigenvalue weighted by Crippen LogP contribution is -2.25. The normalized spacial score (nSPS) is 10.6. The molecule has 0 aliphatic carbocycles. The summed E-state index contributed by atoms with van der Waals surface area (Å²) in [4.78, 5) is 14.7. The van der Waals surface area contributed by atoms with Crippen molar-refractivity contribution in [3.8, 4) is 0 Å². The number of amides is 1. The Morgan fingerprint density at radius 3 is 2.53 bits per heavy atom. The van der Waals surface area contributed by atoms with Gasteiger partial charge in [0.25, 0.3) is 5.91 Å². The van der Waals surface area contributed by atoms with Crippen LogP contribution in [0.1, 0.15) is 9.67 Å². The molecule has 0 radical (unpaired) electrons. The van der Waals surface area contributed by atoms with E-state index in [-0.39, 0.29) is 5.91 Å². The molecule has 0 saturated carbocycles. The fourth-order valence-corrected chi connectivity index (χ4v) is 2.77. The van der Waals surface area contributed by atoms with Crippen molar-refractivity contribution in [1.82, 2.24) is 0 Å².